The zero-order valence-corrected chi connectivity index (χ0v) is 8.54. The molecule has 0 fully saturated rings. The van der Waals surface area contributed by atoms with Crippen molar-refractivity contribution in [1.29, 1.82) is 0 Å². The Morgan fingerprint density at radius 1 is 1.67 bits per heavy atom. The number of alkyl halides is 2. The van der Waals surface area contributed by atoms with Crippen LogP contribution in [0.25, 0.3) is 0 Å². The Labute approximate surface area is 85.8 Å². The molecule has 0 spiro atoms. The highest BCUT2D eigenvalue weighted by Gasteiger charge is 2.15. The number of hydrogen-bond acceptors (Lipinski definition) is 3. The van der Waals surface area contributed by atoms with Crippen LogP contribution in [0, 0.1) is 6.92 Å². The van der Waals surface area contributed by atoms with Crippen LogP contribution in [0.1, 0.15) is 24.7 Å². The maximum Gasteiger partial charge on any atom is 0.327 e. The predicted octanol–water partition coefficient (Wildman–Crippen LogP) is 1.69. The van der Waals surface area contributed by atoms with Crippen molar-refractivity contribution in [3.05, 3.63) is 17.5 Å². The van der Waals surface area contributed by atoms with Crippen LogP contribution < -0.4 is 0 Å². The molecule has 0 saturated heterocycles. The fraction of sp³-hybridized carbons (Fsp3) is 0.556. The van der Waals surface area contributed by atoms with Gasteiger partial charge in [0.15, 0.2) is 0 Å². The summed E-state index contributed by atoms with van der Waals surface area (Å²) in [5.74, 6) is -0.482. The van der Waals surface area contributed by atoms with Crippen LogP contribution >= 0.6 is 0 Å². The minimum atomic E-state index is -2.62. The molecule has 0 N–H and O–H groups in total. The van der Waals surface area contributed by atoms with E-state index < -0.39 is 12.4 Å². The first kappa shape index (κ1) is 11.6. The molecule has 84 valence electrons. The number of aromatic nitrogens is 2. The van der Waals surface area contributed by atoms with Crippen LogP contribution in [0.2, 0.25) is 0 Å². The molecule has 0 atom stereocenters. The van der Waals surface area contributed by atoms with Gasteiger partial charge in [0.05, 0.1) is 6.61 Å². The third kappa shape index (κ3) is 3.00. The van der Waals surface area contributed by atoms with E-state index in [-0.39, 0.29) is 18.8 Å². The summed E-state index contributed by atoms with van der Waals surface area (Å²) in [6.45, 7) is 3.42. The SMILES string of the molecule is CCOC(=O)Cn1nc(C(F)F)cc1C. The Kier molecular flexibility index (Phi) is 3.76. The number of carbonyl (C=O) groups excluding carboxylic acids is 1. The molecule has 1 aromatic heterocycles. The largest absolute Gasteiger partial charge is 0.465 e. The number of rotatable bonds is 4. The second kappa shape index (κ2) is 4.86. The van der Waals surface area contributed by atoms with Gasteiger partial charge in [-0.2, -0.15) is 5.10 Å². The molecule has 0 bridgehead atoms. The molecule has 0 unspecified atom stereocenters. The molecule has 1 heterocycles. The number of hydrogen-bond donors (Lipinski definition) is 0. The molecule has 1 rings (SSSR count). The van der Waals surface area contributed by atoms with E-state index in [0.717, 1.165) is 0 Å². The van der Waals surface area contributed by atoms with Crippen molar-refractivity contribution in [2.45, 2.75) is 26.8 Å². The van der Waals surface area contributed by atoms with Gasteiger partial charge in [0.2, 0.25) is 0 Å². The van der Waals surface area contributed by atoms with E-state index in [9.17, 15) is 13.6 Å². The number of esters is 1. The Morgan fingerprint density at radius 3 is 2.80 bits per heavy atom. The highest BCUT2D eigenvalue weighted by molar-refractivity contribution is 5.69. The molecule has 0 saturated carbocycles. The van der Waals surface area contributed by atoms with Gasteiger partial charge in [0.1, 0.15) is 12.2 Å². The summed E-state index contributed by atoms with van der Waals surface area (Å²) in [6.07, 6.45) is -2.62. The molecule has 1 aromatic rings. The van der Waals surface area contributed by atoms with Crippen molar-refractivity contribution in [1.82, 2.24) is 9.78 Å². The molecule has 0 aliphatic carbocycles. The van der Waals surface area contributed by atoms with Gasteiger partial charge in [-0.05, 0) is 19.9 Å². The molecular formula is C9H12F2N2O2. The van der Waals surface area contributed by atoms with Gasteiger partial charge in [-0.15, -0.1) is 0 Å². The van der Waals surface area contributed by atoms with Crippen LogP contribution in [0.4, 0.5) is 8.78 Å². The number of nitrogens with zero attached hydrogens (tertiary/aromatic N) is 2. The van der Waals surface area contributed by atoms with Gasteiger partial charge in [0, 0.05) is 5.69 Å². The molecule has 15 heavy (non-hydrogen) atoms. The van der Waals surface area contributed by atoms with E-state index in [1.807, 2.05) is 0 Å². The number of halogens is 2. The lowest BCUT2D eigenvalue weighted by Crippen LogP contribution is -2.15. The summed E-state index contributed by atoms with van der Waals surface area (Å²) < 4.78 is 30.4. The van der Waals surface area contributed by atoms with Gasteiger partial charge in [-0.25, -0.2) is 8.78 Å². The van der Waals surface area contributed by atoms with E-state index in [1.54, 1.807) is 13.8 Å². The van der Waals surface area contributed by atoms with Crippen molar-refractivity contribution in [2.24, 2.45) is 0 Å². The smallest absolute Gasteiger partial charge is 0.327 e. The Bertz CT molecular complexity index is 350. The van der Waals surface area contributed by atoms with Crippen molar-refractivity contribution in [3.8, 4) is 0 Å². The summed E-state index contributed by atoms with van der Waals surface area (Å²) in [4.78, 5) is 11.1. The topological polar surface area (TPSA) is 44.1 Å². The first-order valence-corrected chi connectivity index (χ1v) is 4.52. The zero-order chi connectivity index (χ0) is 11.4. The fourth-order valence-electron chi connectivity index (χ4n) is 1.13. The summed E-state index contributed by atoms with van der Waals surface area (Å²) in [7, 11) is 0. The maximum absolute atomic E-state index is 12.3. The van der Waals surface area contributed by atoms with Crippen LogP contribution in [-0.2, 0) is 16.1 Å². The molecule has 4 nitrogen and oxygen atoms in total. The second-order valence-corrected chi connectivity index (χ2v) is 2.97. The zero-order valence-electron chi connectivity index (χ0n) is 8.54. The van der Waals surface area contributed by atoms with E-state index in [0.29, 0.717) is 5.69 Å². The van der Waals surface area contributed by atoms with Crippen LogP contribution in [-0.4, -0.2) is 22.4 Å². The summed E-state index contributed by atoms with van der Waals surface area (Å²) in [5.41, 5.74) is 0.190. The third-order valence-electron chi connectivity index (χ3n) is 1.81. The van der Waals surface area contributed by atoms with Crippen molar-refractivity contribution >= 4 is 5.97 Å². The number of ether oxygens (including phenoxy) is 1. The van der Waals surface area contributed by atoms with Crippen LogP contribution in [0.3, 0.4) is 0 Å². The highest BCUT2D eigenvalue weighted by Crippen LogP contribution is 2.17. The lowest BCUT2D eigenvalue weighted by atomic mass is 10.4. The first-order valence-electron chi connectivity index (χ1n) is 4.52. The quantitative estimate of drug-likeness (QED) is 0.722. The third-order valence-corrected chi connectivity index (χ3v) is 1.81. The van der Waals surface area contributed by atoms with Gasteiger partial charge in [0.25, 0.3) is 6.43 Å². The lowest BCUT2D eigenvalue weighted by Gasteiger charge is -2.03. The summed E-state index contributed by atoms with van der Waals surface area (Å²) >= 11 is 0. The van der Waals surface area contributed by atoms with E-state index in [1.165, 1.54) is 10.7 Å². The Morgan fingerprint density at radius 2 is 2.33 bits per heavy atom. The number of aryl methyl sites for hydroxylation is 1. The monoisotopic (exact) mass is 218 g/mol. The van der Waals surface area contributed by atoms with Gasteiger partial charge >= 0.3 is 5.97 Å². The van der Waals surface area contributed by atoms with E-state index in [4.69, 9.17) is 0 Å². The standard InChI is InChI=1S/C9H12F2N2O2/c1-3-15-8(14)5-13-6(2)4-7(12-13)9(10)11/h4,9H,3,5H2,1-2H3. The minimum absolute atomic E-state index is 0.133. The molecule has 6 heteroatoms. The van der Waals surface area contributed by atoms with E-state index >= 15 is 0 Å². The molecular weight excluding hydrogens is 206 g/mol. The molecule has 0 aliphatic rings. The molecule has 0 aliphatic heterocycles. The van der Waals surface area contributed by atoms with Crippen LogP contribution in [0.5, 0.6) is 0 Å². The maximum atomic E-state index is 12.3. The average molecular weight is 218 g/mol. The average Bonchev–Trinajstić information content (AvgIpc) is 2.48. The van der Waals surface area contributed by atoms with Crippen molar-refractivity contribution in [3.63, 3.8) is 0 Å². The molecule has 0 aromatic carbocycles. The van der Waals surface area contributed by atoms with Gasteiger partial charge in [-0.1, -0.05) is 0 Å². The first-order chi connectivity index (χ1) is 7.04. The van der Waals surface area contributed by atoms with Gasteiger partial charge in [-0.3, -0.25) is 9.48 Å². The fourth-order valence-corrected chi connectivity index (χ4v) is 1.13. The highest BCUT2D eigenvalue weighted by atomic mass is 19.3. The van der Waals surface area contributed by atoms with Crippen molar-refractivity contribution < 1.29 is 18.3 Å². The predicted molar refractivity (Wildman–Crippen MR) is 48.6 cm³/mol. The Hall–Kier alpha value is -1.46. The summed E-state index contributed by atoms with van der Waals surface area (Å²) in [5, 5.41) is 3.60. The van der Waals surface area contributed by atoms with Gasteiger partial charge < -0.3 is 4.74 Å². The van der Waals surface area contributed by atoms with E-state index in [2.05, 4.69) is 9.84 Å². The molecule has 0 amide bonds. The van der Waals surface area contributed by atoms with Crippen LogP contribution in [0.15, 0.2) is 6.07 Å². The van der Waals surface area contributed by atoms with Crippen molar-refractivity contribution in [2.75, 3.05) is 6.61 Å². The summed E-state index contributed by atoms with van der Waals surface area (Å²) in [6, 6.07) is 1.25. The lowest BCUT2D eigenvalue weighted by molar-refractivity contribution is -0.144. The number of carbonyl (C=O) groups is 1. The minimum Gasteiger partial charge on any atom is -0.465 e. The molecule has 0 radical (unpaired) electrons. The second-order valence-electron chi connectivity index (χ2n) is 2.97. The Balaban J connectivity index is 2.73. The normalized spacial score (nSPS) is 10.7.